The number of hydrogen-bond donors (Lipinski definition) is 0. The molecule has 0 aliphatic carbocycles. The molecule has 0 spiro atoms. The van der Waals surface area contributed by atoms with Crippen LogP contribution in [0.3, 0.4) is 0 Å². The number of fused-ring (bicyclic) bond motifs is 1. The Kier molecular flexibility index (Phi) is 4.88. The topological polar surface area (TPSA) is 68.5 Å². The largest absolute Gasteiger partial charge is 0.471 e. The average Bonchev–Trinajstić information content (AvgIpc) is 3.29. The maximum Gasteiger partial charge on any atom is 0.471 e. The number of rotatable bonds is 5. The Balaban J connectivity index is 1.57. The van der Waals surface area contributed by atoms with Crippen LogP contribution in [0.25, 0.3) is 11.4 Å². The maximum atomic E-state index is 12.8. The number of hydrogen-bond acceptors (Lipinski definition) is 5. The molecule has 0 saturated heterocycles. The SMILES string of the molecule is O=C1c2cc(-c3noc(C(F)(F)F)n3)ccc2CN1Cc1ccccc1OC(F)F. The van der Waals surface area contributed by atoms with Gasteiger partial charge in [-0.1, -0.05) is 35.5 Å². The van der Waals surface area contributed by atoms with Crippen molar-refractivity contribution in [3.63, 3.8) is 0 Å². The number of benzene rings is 2. The van der Waals surface area contributed by atoms with Gasteiger partial charge in [-0.25, -0.2) is 0 Å². The van der Waals surface area contributed by atoms with Gasteiger partial charge in [0.2, 0.25) is 5.82 Å². The molecule has 2 heterocycles. The van der Waals surface area contributed by atoms with Gasteiger partial charge in [0, 0.05) is 29.8 Å². The molecule has 156 valence electrons. The summed E-state index contributed by atoms with van der Waals surface area (Å²) in [5.74, 6) is -2.23. The van der Waals surface area contributed by atoms with Crippen LogP contribution in [-0.2, 0) is 19.3 Å². The molecule has 1 aliphatic rings. The standard InChI is InChI=1S/C19H12F5N3O3/c20-18(21)29-14-4-2-1-3-12(14)9-27-8-11-6-5-10(7-13(11)16(27)28)15-25-17(30-26-15)19(22,23)24/h1-7,18H,8-9H2. The molecule has 1 aromatic heterocycles. The molecule has 0 fully saturated rings. The number of halogens is 5. The maximum absolute atomic E-state index is 12.8. The molecular formula is C19H12F5N3O3. The van der Waals surface area contributed by atoms with Crippen LogP contribution >= 0.6 is 0 Å². The number of carbonyl (C=O) groups excluding carboxylic acids is 1. The van der Waals surface area contributed by atoms with Crippen LogP contribution < -0.4 is 4.74 Å². The van der Waals surface area contributed by atoms with Crippen molar-refractivity contribution >= 4 is 5.91 Å². The minimum Gasteiger partial charge on any atom is -0.434 e. The number of para-hydroxylation sites is 1. The highest BCUT2D eigenvalue weighted by atomic mass is 19.4. The molecule has 0 unspecified atom stereocenters. The molecular weight excluding hydrogens is 413 g/mol. The van der Waals surface area contributed by atoms with Crippen molar-refractivity contribution in [3.8, 4) is 17.1 Å². The average molecular weight is 425 g/mol. The van der Waals surface area contributed by atoms with E-state index in [2.05, 4.69) is 19.4 Å². The summed E-state index contributed by atoms with van der Waals surface area (Å²) in [6, 6.07) is 10.5. The molecule has 11 heteroatoms. The Hall–Kier alpha value is -3.50. The quantitative estimate of drug-likeness (QED) is 0.563. The van der Waals surface area contributed by atoms with Crippen LogP contribution in [0.15, 0.2) is 47.0 Å². The van der Waals surface area contributed by atoms with Crippen LogP contribution in [0.2, 0.25) is 0 Å². The van der Waals surface area contributed by atoms with E-state index in [9.17, 15) is 26.7 Å². The van der Waals surface area contributed by atoms with E-state index in [0.29, 0.717) is 11.1 Å². The van der Waals surface area contributed by atoms with Crippen LogP contribution in [0.1, 0.15) is 27.4 Å². The fourth-order valence-electron chi connectivity index (χ4n) is 3.13. The Morgan fingerprint density at radius 3 is 2.63 bits per heavy atom. The van der Waals surface area contributed by atoms with Crippen LogP contribution in [0.4, 0.5) is 22.0 Å². The van der Waals surface area contributed by atoms with Crippen molar-refractivity contribution in [1.29, 1.82) is 0 Å². The second-order valence-electron chi connectivity index (χ2n) is 6.44. The fourth-order valence-corrected chi connectivity index (χ4v) is 3.13. The van der Waals surface area contributed by atoms with Gasteiger partial charge in [0.25, 0.3) is 5.91 Å². The second-order valence-corrected chi connectivity index (χ2v) is 6.44. The number of nitrogens with zero attached hydrogens (tertiary/aromatic N) is 3. The summed E-state index contributed by atoms with van der Waals surface area (Å²) in [5, 5.41) is 3.31. The van der Waals surface area contributed by atoms with Gasteiger partial charge >= 0.3 is 18.7 Å². The zero-order valence-corrected chi connectivity index (χ0v) is 15.0. The Labute approximate surface area is 165 Å². The van der Waals surface area contributed by atoms with E-state index in [1.54, 1.807) is 18.2 Å². The van der Waals surface area contributed by atoms with Crippen molar-refractivity contribution in [3.05, 3.63) is 65.0 Å². The first-order valence-corrected chi connectivity index (χ1v) is 8.58. The number of amides is 1. The Morgan fingerprint density at radius 2 is 1.93 bits per heavy atom. The molecule has 2 aromatic carbocycles. The summed E-state index contributed by atoms with van der Waals surface area (Å²) >= 11 is 0. The van der Waals surface area contributed by atoms with Crippen LogP contribution in [0, 0.1) is 0 Å². The van der Waals surface area contributed by atoms with Crippen LogP contribution in [0.5, 0.6) is 5.75 Å². The highest BCUT2D eigenvalue weighted by Crippen LogP contribution is 2.32. The van der Waals surface area contributed by atoms with E-state index in [1.807, 2.05) is 0 Å². The summed E-state index contributed by atoms with van der Waals surface area (Å²) in [5.41, 5.74) is 1.48. The van der Waals surface area contributed by atoms with E-state index in [1.165, 1.54) is 29.2 Å². The van der Waals surface area contributed by atoms with E-state index in [-0.39, 0.29) is 35.8 Å². The predicted molar refractivity (Wildman–Crippen MR) is 91.4 cm³/mol. The summed E-state index contributed by atoms with van der Waals surface area (Å²) in [6.07, 6.45) is -4.78. The van der Waals surface area contributed by atoms with E-state index in [4.69, 9.17) is 0 Å². The fraction of sp³-hybridized carbons (Fsp3) is 0.211. The number of alkyl halides is 5. The predicted octanol–water partition coefficient (Wildman–Crippen LogP) is 4.51. The highest BCUT2D eigenvalue weighted by molar-refractivity contribution is 5.99. The highest BCUT2D eigenvalue weighted by Gasteiger charge is 2.38. The normalized spacial score (nSPS) is 13.8. The second kappa shape index (κ2) is 7.39. The van der Waals surface area contributed by atoms with Crippen molar-refractivity contribution in [2.24, 2.45) is 0 Å². The lowest BCUT2D eigenvalue weighted by molar-refractivity contribution is -0.159. The summed E-state index contributed by atoms with van der Waals surface area (Å²) in [4.78, 5) is 17.5. The van der Waals surface area contributed by atoms with E-state index < -0.39 is 24.6 Å². The monoisotopic (exact) mass is 425 g/mol. The van der Waals surface area contributed by atoms with Gasteiger partial charge in [-0.05, 0) is 17.7 Å². The molecule has 0 atom stereocenters. The third-order valence-electron chi connectivity index (χ3n) is 4.47. The number of carbonyl (C=O) groups is 1. The molecule has 3 aromatic rings. The van der Waals surface area contributed by atoms with Gasteiger partial charge in [-0.15, -0.1) is 0 Å². The molecule has 6 nitrogen and oxygen atoms in total. The molecule has 0 bridgehead atoms. The summed E-state index contributed by atoms with van der Waals surface area (Å²) in [7, 11) is 0. The molecule has 30 heavy (non-hydrogen) atoms. The zero-order valence-electron chi connectivity index (χ0n) is 15.0. The number of aromatic nitrogens is 2. The van der Waals surface area contributed by atoms with Crippen molar-refractivity contribution < 1.29 is 36.0 Å². The van der Waals surface area contributed by atoms with Gasteiger partial charge in [0.15, 0.2) is 0 Å². The van der Waals surface area contributed by atoms with Gasteiger partial charge < -0.3 is 14.2 Å². The lowest BCUT2D eigenvalue weighted by Crippen LogP contribution is -2.23. The third-order valence-corrected chi connectivity index (χ3v) is 4.47. The van der Waals surface area contributed by atoms with Crippen molar-refractivity contribution in [1.82, 2.24) is 15.0 Å². The van der Waals surface area contributed by atoms with Gasteiger partial charge in [0.05, 0.1) is 0 Å². The Bertz CT molecular complexity index is 1100. The van der Waals surface area contributed by atoms with Crippen molar-refractivity contribution in [2.45, 2.75) is 25.9 Å². The van der Waals surface area contributed by atoms with Gasteiger partial charge in [-0.3, -0.25) is 4.79 Å². The Morgan fingerprint density at radius 1 is 1.17 bits per heavy atom. The van der Waals surface area contributed by atoms with Gasteiger partial charge in [0.1, 0.15) is 5.75 Å². The molecule has 0 N–H and O–H groups in total. The number of ether oxygens (including phenoxy) is 1. The molecule has 0 saturated carbocycles. The molecule has 0 radical (unpaired) electrons. The summed E-state index contributed by atoms with van der Waals surface area (Å²) < 4.78 is 71.9. The first-order valence-electron chi connectivity index (χ1n) is 8.58. The van der Waals surface area contributed by atoms with E-state index >= 15 is 0 Å². The first kappa shape index (κ1) is 19.8. The van der Waals surface area contributed by atoms with Crippen LogP contribution in [-0.4, -0.2) is 27.6 Å². The molecule has 1 amide bonds. The lowest BCUT2D eigenvalue weighted by Gasteiger charge is -2.18. The minimum atomic E-state index is -4.78. The van der Waals surface area contributed by atoms with Crippen molar-refractivity contribution in [2.75, 3.05) is 0 Å². The minimum absolute atomic E-state index is 0.0200. The third kappa shape index (κ3) is 3.82. The first-order chi connectivity index (χ1) is 14.2. The molecule has 4 rings (SSSR count). The van der Waals surface area contributed by atoms with E-state index in [0.717, 1.165) is 0 Å². The zero-order chi connectivity index (χ0) is 21.5. The lowest BCUT2D eigenvalue weighted by atomic mass is 10.1. The molecule has 1 aliphatic heterocycles. The van der Waals surface area contributed by atoms with Gasteiger partial charge in [-0.2, -0.15) is 26.9 Å². The smallest absolute Gasteiger partial charge is 0.434 e. The summed E-state index contributed by atoms with van der Waals surface area (Å²) in [6.45, 7) is -2.78.